The van der Waals surface area contributed by atoms with Crippen LogP contribution >= 0.6 is 0 Å². The van der Waals surface area contributed by atoms with Gasteiger partial charge in [-0.2, -0.15) is 4.91 Å². The van der Waals surface area contributed by atoms with Crippen LogP contribution in [0.25, 0.3) is 0 Å². The van der Waals surface area contributed by atoms with Gasteiger partial charge in [-0.3, -0.25) is 4.79 Å². The lowest BCUT2D eigenvalue weighted by atomic mass is 9.90. The Hall–Kier alpha value is -1.71. The fourth-order valence-corrected chi connectivity index (χ4v) is 1.71. The van der Waals surface area contributed by atoms with Gasteiger partial charge in [-0.25, -0.2) is 0 Å². The van der Waals surface area contributed by atoms with Crippen molar-refractivity contribution in [1.29, 1.82) is 5.59 Å². The zero-order chi connectivity index (χ0) is 10.6. The molecule has 0 bridgehead atoms. The minimum atomic E-state index is 0.239. The van der Waals surface area contributed by atoms with Gasteiger partial charge in [-0.15, -0.1) is 0 Å². The van der Waals surface area contributed by atoms with Gasteiger partial charge in [0, 0.05) is 17.7 Å². The highest BCUT2D eigenvalue weighted by atomic mass is 16.2. The van der Waals surface area contributed by atoms with Gasteiger partial charge in [0.05, 0.1) is 0 Å². The van der Waals surface area contributed by atoms with Crippen LogP contribution in [0.1, 0.15) is 28.8 Å². The summed E-state index contributed by atoms with van der Waals surface area (Å²) < 4.78 is 0. The molecule has 0 aliphatic heterocycles. The average Bonchev–Trinajstić information content (AvgIpc) is 2.23. The molecule has 0 spiro atoms. The van der Waals surface area contributed by atoms with Gasteiger partial charge in [0.2, 0.25) is 0 Å². The number of Topliss-reactive ketones (excluding diaryl/α,β-unsaturated/α-hetero) is 1. The van der Waals surface area contributed by atoms with E-state index in [0.29, 0.717) is 6.42 Å². The van der Waals surface area contributed by atoms with Crippen molar-refractivity contribution in [2.75, 3.05) is 5.73 Å². The first kappa shape index (κ1) is 10.4. The third kappa shape index (κ3) is 1.79. The maximum absolute atomic E-state index is 11.4. The van der Waals surface area contributed by atoms with E-state index in [1.807, 2.05) is 18.2 Å². The standard InChI is InChI=1S/C10H11NO.HNO/c11-9-5-1-4-8-7(9)3-2-6-10(8)12;1-2/h1,4-5H,2-3,6,11H2;1H. The lowest BCUT2D eigenvalue weighted by Crippen LogP contribution is -2.12. The second-order valence-electron chi connectivity index (χ2n) is 3.15. The highest BCUT2D eigenvalue weighted by Gasteiger charge is 2.17. The van der Waals surface area contributed by atoms with E-state index in [1.54, 1.807) is 0 Å². The first-order valence-electron chi connectivity index (χ1n) is 4.40. The molecule has 0 amide bonds. The van der Waals surface area contributed by atoms with Crippen LogP contribution in [-0.2, 0) is 6.42 Å². The smallest absolute Gasteiger partial charge is 0.163 e. The van der Waals surface area contributed by atoms with Gasteiger partial charge in [-0.05, 0) is 24.5 Å². The Morgan fingerprint density at radius 2 is 1.93 bits per heavy atom. The van der Waals surface area contributed by atoms with Gasteiger partial charge in [-0.1, -0.05) is 17.7 Å². The molecule has 0 saturated carbocycles. The third-order valence-electron chi connectivity index (χ3n) is 2.34. The summed E-state index contributed by atoms with van der Waals surface area (Å²) in [5.74, 6) is 0.239. The molecule has 74 valence electrons. The number of carbonyl (C=O) groups excluding carboxylic acids is 1. The Morgan fingerprint density at radius 1 is 1.21 bits per heavy atom. The van der Waals surface area contributed by atoms with Crippen molar-refractivity contribution in [1.82, 2.24) is 0 Å². The first-order valence-corrected chi connectivity index (χ1v) is 4.40. The number of hydrogen-bond donors (Lipinski definition) is 2. The molecule has 14 heavy (non-hydrogen) atoms. The lowest BCUT2D eigenvalue weighted by molar-refractivity contribution is 0.0972. The largest absolute Gasteiger partial charge is 0.398 e. The monoisotopic (exact) mass is 192 g/mol. The van der Waals surface area contributed by atoms with Crippen LogP contribution in [0, 0.1) is 10.5 Å². The highest BCUT2D eigenvalue weighted by molar-refractivity contribution is 5.99. The van der Waals surface area contributed by atoms with Crippen LogP contribution < -0.4 is 5.73 Å². The first-order chi connectivity index (χ1) is 6.79. The van der Waals surface area contributed by atoms with E-state index in [4.69, 9.17) is 10.6 Å². The predicted molar refractivity (Wildman–Crippen MR) is 54.2 cm³/mol. The van der Waals surface area contributed by atoms with Crippen LogP contribution in [-0.4, -0.2) is 5.78 Å². The van der Waals surface area contributed by atoms with Crippen molar-refractivity contribution in [3.8, 4) is 0 Å². The number of carbonyl (C=O) groups is 1. The van der Waals surface area contributed by atoms with Crippen molar-refractivity contribution in [2.24, 2.45) is 0 Å². The van der Waals surface area contributed by atoms with Crippen molar-refractivity contribution in [2.45, 2.75) is 19.3 Å². The topological polar surface area (TPSA) is 84.0 Å². The fraction of sp³-hybridized carbons (Fsp3) is 0.300. The number of fused-ring (bicyclic) bond motifs is 1. The van der Waals surface area contributed by atoms with Crippen molar-refractivity contribution < 1.29 is 4.79 Å². The average molecular weight is 192 g/mol. The summed E-state index contributed by atoms with van der Waals surface area (Å²) in [6.07, 6.45) is 2.57. The van der Waals surface area contributed by atoms with Crippen LogP contribution in [0.15, 0.2) is 18.2 Å². The van der Waals surface area contributed by atoms with E-state index < -0.39 is 0 Å². The molecular weight excluding hydrogens is 180 g/mol. The van der Waals surface area contributed by atoms with Crippen molar-refractivity contribution in [3.05, 3.63) is 34.2 Å². The molecule has 0 saturated heterocycles. The van der Waals surface area contributed by atoms with Crippen LogP contribution in [0.2, 0.25) is 0 Å². The molecule has 0 radical (unpaired) electrons. The number of rotatable bonds is 0. The molecule has 4 heteroatoms. The lowest BCUT2D eigenvalue weighted by Gasteiger charge is -2.15. The summed E-state index contributed by atoms with van der Waals surface area (Å²) in [5.41, 5.74) is 12.9. The Labute approximate surface area is 81.9 Å². The van der Waals surface area contributed by atoms with Crippen LogP contribution in [0.4, 0.5) is 5.69 Å². The molecule has 0 aromatic heterocycles. The Bertz CT molecular complexity index is 350. The van der Waals surface area contributed by atoms with E-state index in [0.717, 1.165) is 29.7 Å². The number of ketones is 1. The Kier molecular flexibility index (Phi) is 3.34. The second-order valence-corrected chi connectivity index (χ2v) is 3.15. The van der Waals surface area contributed by atoms with Crippen molar-refractivity contribution >= 4 is 11.5 Å². The molecule has 0 unspecified atom stereocenters. The SMILES string of the molecule is N=O.Nc1cccc2c1CCCC2=O. The summed E-state index contributed by atoms with van der Waals surface area (Å²) in [7, 11) is 0. The molecule has 1 aliphatic carbocycles. The molecule has 3 N–H and O–H groups in total. The predicted octanol–water partition coefficient (Wildman–Crippen LogP) is 2.12. The van der Waals surface area contributed by atoms with Gasteiger partial charge in [0.1, 0.15) is 0 Å². The molecule has 1 aromatic carbocycles. The summed E-state index contributed by atoms with van der Waals surface area (Å²) >= 11 is 0. The number of benzene rings is 1. The minimum Gasteiger partial charge on any atom is -0.398 e. The highest BCUT2D eigenvalue weighted by Crippen LogP contribution is 2.25. The summed E-state index contributed by atoms with van der Waals surface area (Å²) in [6, 6.07) is 5.57. The molecule has 0 fully saturated rings. The molecule has 0 atom stereocenters. The van der Waals surface area contributed by atoms with Gasteiger partial charge >= 0.3 is 0 Å². The normalized spacial score (nSPS) is 13.9. The Morgan fingerprint density at radius 3 is 2.57 bits per heavy atom. The number of nitrogen functional groups attached to an aromatic ring is 1. The van der Waals surface area contributed by atoms with Gasteiger partial charge < -0.3 is 5.73 Å². The maximum Gasteiger partial charge on any atom is 0.163 e. The van der Waals surface area contributed by atoms with Gasteiger partial charge in [0.25, 0.3) is 0 Å². The third-order valence-corrected chi connectivity index (χ3v) is 2.34. The van der Waals surface area contributed by atoms with E-state index in [9.17, 15) is 4.79 Å². The molecule has 1 aliphatic rings. The summed E-state index contributed by atoms with van der Waals surface area (Å²) in [6.45, 7) is 0. The zero-order valence-electron chi connectivity index (χ0n) is 7.75. The molecule has 1 aromatic rings. The van der Waals surface area contributed by atoms with E-state index in [-0.39, 0.29) is 5.78 Å². The van der Waals surface area contributed by atoms with Crippen molar-refractivity contribution in [3.63, 3.8) is 0 Å². The van der Waals surface area contributed by atoms with E-state index in [2.05, 4.69) is 5.59 Å². The van der Waals surface area contributed by atoms with Crippen LogP contribution in [0.3, 0.4) is 0 Å². The number of anilines is 1. The number of nitrogens with two attached hydrogens (primary N) is 1. The number of hydrogen-bond acceptors (Lipinski definition) is 4. The molecule has 0 heterocycles. The molecule has 2 rings (SSSR count). The van der Waals surface area contributed by atoms with E-state index in [1.165, 1.54) is 0 Å². The zero-order valence-corrected chi connectivity index (χ0v) is 7.75. The fourth-order valence-electron chi connectivity index (χ4n) is 1.71. The number of nitrogens with one attached hydrogen (secondary N) is 1. The maximum atomic E-state index is 11.4. The molecular formula is C10H12N2O2. The Balaban J connectivity index is 0.000000461. The van der Waals surface area contributed by atoms with E-state index >= 15 is 0 Å². The molecule has 4 nitrogen and oxygen atoms in total. The number of nitroso groups, excluding NO2 is 1. The quantitative estimate of drug-likeness (QED) is 0.487. The van der Waals surface area contributed by atoms with Crippen LogP contribution in [0.5, 0.6) is 0 Å². The van der Waals surface area contributed by atoms with Gasteiger partial charge in [0.15, 0.2) is 5.78 Å². The summed E-state index contributed by atoms with van der Waals surface area (Å²) in [4.78, 5) is 18.9. The summed E-state index contributed by atoms with van der Waals surface area (Å²) in [5, 5.41) is 0. The minimum absolute atomic E-state index is 0.239. The second kappa shape index (κ2) is 4.50.